The highest BCUT2D eigenvalue weighted by molar-refractivity contribution is 6.11. The number of carbonyl (C=O) groups is 1. The average Bonchev–Trinajstić information content (AvgIpc) is 3.06. The van der Waals surface area contributed by atoms with Gasteiger partial charge in [-0.1, -0.05) is 18.2 Å². The molecule has 4 aromatic rings. The van der Waals surface area contributed by atoms with Crippen LogP contribution in [0.4, 0.5) is 5.69 Å². The highest BCUT2D eigenvalue weighted by Crippen LogP contribution is 2.31. The molecule has 5 nitrogen and oxygen atoms in total. The Bertz CT molecular complexity index is 1180. The lowest BCUT2D eigenvalue weighted by Crippen LogP contribution is -2.13. The lowest BCUT2D eigenvalue weighted by molar-refractivity contribution is 0.102. The number of amides is 1. The van der Waals surface area contributed by atoms with Gasteiger partial charge in [-0.3, -0.25) is 4.79 Å². The van der Waals surface area contributed by atoms with Gasteiger partial charge in [0.15, 0.2) is 0 Å². The number of ether oxygens (including phenoxy) is 2. The van der Waals surface area contributed by atoms with Gasteiger partial charge < -0.3 is 19.4 Å². The van der Waals surface area contributed by atoms with Crippen molar-refractivity contribution in [3.05, 3.63) is 66.2 Å². The van der Waals surface area contributed by atoms with Gasteiger partial charge in [0.1, 0.15) is 11.5 Å². The van der Waals surface area contributed by atoms with Crippen molar-refractivity contribution in [3.63, 3.8) is 0 Å². The molecule has 1 amide bonds. The van der Waals surface area contributed by atoms with Gasteiger partial charge in [-0.2, -0.15) is 0 Å². The zero-order chi connectivity index (χ0) is 19.7. The first kappa shape index (κ1) is 17.9. The number of para-hydroxylation sites is 1. The Kier molecular flexibility index (Phi) is 4.65. The second-order valence-corrected chi connectivity index (χ2v) is 6.51. The molecule has 0 aliphatic heterocycles. The maximum Gasteiger partial charge on any atom is 0.259 e. The minimum atomic E-state index is -0.224. The summed E-state index contributed by atoms with van der Waals surface area (Å²) >= 11 is 0. The van der Waals surface area contributed by atoms with E-state index >= 15 is 0 Å². The highest BCUT2D eigenvalue weighted by Gasteiger charge is 2.15. The van der Waals surface area contributed by atoms with Crippen molar-refractivity contribution < 1.29 is 14.3 Å². The summed E-state index contributed by atoms with van der Waals surface area (Å²) in [6.07, 6.45) is 0. The normalized spacial score (nSPS) is 11.0. The van der Waals surface area contributed by atoms with Crippen molar-refractivity contribution in [2.24, 2.45) is 0 Å². The molecule has 0 aliphatic rings. The van der Waals surface area contributed by atoms with E-state index in [-0.39, 0.29) is 5.91 Å². The second kappa shape index (κ2) is 7.27. The van der Waals surface area contributed by atoms with Crippen LogP contribution in [0.2, 0.25) is 0 Å². The van der Waals surface area contributed by atoms with Crippen molar-refractivity contribution >= 4 is 33.4 Å². The predicted molar refractivity (Wildman–Crippen MR) is 113 cm³/mol. The predicted octanol–water partition coefficient (Wildman–Crippen LogP) is 5.08. The molecule has 1 heterocycles. The molecule has 0 bridgehead atoms. The van der Waals surface area contributed by atoms with Crippen molar-refractivity contribution in [3.8, 4) is 11.5 Å². The first-order chi connectivity index (χ1) is 13.7. The highest BCUT2D eigenvalue weighted by atomic mass is 16.5. The van der Waals surface area contributed by atoms with Crippen molar-refractivity contribution in [2.45, 2.75) is 13.5 Å². The van der Waals surface area contributed by atoms with E-state index in [0.717, 1.165) is 23.1 Å². The Morgan fingerprint density at radius 2 is 1.71 bits per heavy atom. The third kappa shape index (κ3) is 2.95. The van der Waals surface area contributed by atoms with Crippen LogP contribution in [0.15, 0.2) is 60.7 Å². The molecule has 5 heteroatoms. The van der Waals surface area contributed by atoms with Crippen LogP contribution in [-0.2, 0) is 6.54 Å². The maximum absolute atomic E-state index is 12.8. The van der Waals surface area contributed by atoms with E-state index in [2.05, 4.69) is 35.0 Å². The summed E-state index contributed by atoms with van der Waals surface area (Å²) in [5.74, 6) is 0.890. The van der Waals surface area contributed by atoms with Gasteiger partial charge in [-0.25, -0.2) is 0 Å². The summed E-state index contributed by atoms with van der Waals surface area (Å²) in [6, 6.07) is 19.5. The number of anilines is 1. The Balaban J connectivity index is 1.73. The van der Waals surface area contributed by atoms with Gasteiger partial charge >= 0.3 is 0 Å². The Hall–Kier alpha value is -3.47. The van der Waals surface area contributed by atoms with Crippen LogP contribution in [0.3, 0.4) is 0 Å². The molecule has 28 heavy (non-hydrogen) atoms. The smallest absolute Gasteiger partial charge is 0.259 e. The van der Waals surface area contributed by atoms with Gasteiger partial charge in [-0.15, -0.1) is 0 Å². The summed E-state index contributed by atoms with van der Waals surface area (Å²) in [6.45, 7) is 3.02. The lowest BCUT2D eigenvalue weighted by atomic mass is 10.1. The number of aromatic nitrogens is 1. The molecular weight excluding hydrogens is 352 g/mol. The number of benzene rings is 3. The Labute approximate surface area is 163 Å². The maximum atomic E-state index is 12.8. The molecule has 0 radical (unpaired) electrons. The average molecular weight is 374 g/mol. The third-order valence-corrected chi connectivity index (χ3v) is 5.00. The molecule has 0 spiro atoms. The van der Waals surface area contributed by atoms with Crippen molar-refractivity contribution in [1.29, 1.82) is 0 Å². The zero-order valence-corrected chi connectivity index (χ0v) is 16.2. The first-order valence-electron chi connectivity index (χ1n) is 9.20. The van der Waals surface area contributed by atoms with Gasteiger partial charge in [0.2, 0.25) is 0 Å². The molecule has 0 saturated carbocycles. The van der Waals surface area contributed by atoms with Crippen molar-refractivity contribution in [2.75, 3.05) is 19.5 Å². The minimum Gasteiger partial charge on any atom is -0.497 e. The monoisotopic (exact) mass is 374 g/mol. The van der Waals surface area contributed by atoms with Crippen LogP contribution in [0, 0.1) is 0 Å². The van der Waals surface area contributed by atoms with E-state index in [1.807, 2.05) is 24.3 Å². The summed E-state index contributed by atoms with van der Waals surface area (Å²) in [5, 5.41) is 5.29. The third-order valence-electron chi connectivity index (χ3n) is 5.00. The molecule has 3 aromatic carbocycles. The number of fused-ring (bicyclic) bond motifs is 3. The lowest BCUT2D eigenvalue weighted by Gasteiger charge is -2.11. The Morgan fingerprint density at radius 1 is 0.929 bits per heavy atom. The fraction of sp³-hybridized carbons (Fsp3) is 0.174. The van der Waals surface area contributed by atoms with Crippen LogP contribution in [-0.4, -0.2) is 24.7 Å². The van der Waals surface area contributed by atoms with Crippen LogP contribution in [0.25, 0.3) is 21.8 Å². The van der Waals surface area contributed by atoms with E-state index in [0.29, 0.717) is 17.1 Å². The number of nitrogens with one attached hydrogen (secondary N) is 1. The number of rotatable bonds is 5. The number of hydrogen-bond acceptors (Lipinski definition) is 3. The Morgan fingerprint density at radius 3 is 2.46 bits per heavy atom. The fourth-order valence-corrected chi connectivity index (χ4v) is 3.66. The summed E-state index contributed by atoms with van der Waals surface area (Å²) in [4.78, 5) is 12.8. The van der Waals surface area contributed by atoms with Crippen LogP contribution < -0.4 is 14.8 Å². The SMILES string of the molecule is CCn1c2ccccc2c2cc(NC(=O)c3ccc(OC)cc3OC)ccc21. The molecule has 0 aliphatic carbocycles. The van der Waals surface area contributed by atoms with Gasteiger partial charge in [-0.05, 0) is 43.3 Å². The van der Waals surface area contributed by atoms with Crippen LogP contribution in [0.5, 0.6) is 11.5 Å². The van der Waals surface area contributed by atoms with E-state index in [9.17, 15) is 4.79 Å². The first-order valence-corrected chi connectivity index (χ1v) is 9.20. The summed E-state index contributed by atoms with van der Waals surface area (Å²) in [7, 11) is 3.12. The van der Waals surface area contributed by atoms with E-state index in [1.165, 1.54) is 18.0 Å². The quantitative estimate of drug-likeness (QED) is 0.530. The molecule has 0 saturated heterocycles. The number of methoxy groups -OCH3 is 2. The molecular formula is C23H22N2O3. The fourth-order valence-electron chi connectivity index (χ4n) is 3.66. The molecule has 1 aromatic heterocycles. The van der Waals surface area contributed by atoms with Gasteiger partial charge in [0.05, 0.1) is 19.8 Å². The number of aryl methyl sites for hydroxylation is 1. The van der Waals surface area contributed by atoms with Crippen LogP contribution >= 0.6 is 0 Å². The number of carbonyl (C=O) groups excluding carboxylic acids is 1. The van der Waals surface area contributed by atoms with E-state index in [4.69, 9.17) is 9.47 Å². The topological polar surface area (TPSA) is 52.5 Å². The molecule has 0 atom stereocenters. The van der Waals surface area contributed by atoms with Crippen molar-refractivity contribution in [1.82, 2.24) is 4.57 Å². The van der Waals surface area contributed by atoms with E-state index in [1.54, 1.807) is 25.3 Å². The largest absolute Gasteiger partial charge is 0.497 e. The minimum absolute atomic E-state index is 0.224. The molecule has 0 fully saturated rings. The summed E-state index contributed by atoms with van der Waals surface area (Å²) in [5.41, 5.74) is 3.55. The molecule has 1 N–H and O–H groups in total. The van der Waals surface area contributed by atoms with Gasteiger partial charge in [0.25, 0.3) is 5.91 Å². The number of hydrogen-bond donors (Lipinski definition) is 1. The molecule has 0 unspecified atom stereocenters. The molecule has 142 valence electrons. The second-order valence-electron chi connectivity index (χ2n) is 6.51. The van der Waals surface area contributed by atoms with Crippen LogP contribution in [0.1, 0.15) is 17.3 Å². The molecule has 4 rings (SSSR count). The van der Waals surface area contributed by atoms with Gasteiger partial charge in [0, 0.05) is 40.1 Å². The van der Waals surface area contributed by atoms with E-state index < -0.39 is 0 Å². The number of nitrogens with zero attached hydrogens (tertiary/aromatic N) is 1. The standard InChI is InChI=1S/C23H22N2O3/c1-4-25-20-8-6-5-7-17(20)19-13-15(9-12-21(19)25)24-23(26)18-11-10-16(27-2)14-22(18)28-3/h5-14H,4H2,1-3H3,(H,24,26). The summed E-state index contributed by atoms with van der Waals surface area (Å²) < 4.78 is 12.8. The zero-order valence-electron chi connectivity index (χ0n) is 16.2.